The van der Waals surface area contributed by atoms with E-state index in [0.717, 1.165) is 79.4 Å². The van der Waals surface area contributed by atoms with Gasteiger partial charge in [-0.25, -0.2) is 4.98 Å². The lowest BCUT2D eigenvalue weighted by atomic mass is 9.96. The number of nitrogens with one attached hydrogen (secondary N) is 3. The highest BCUT2D eigenvalue weighted by atomic mass is 32.1. The lowest BCUT2D eigenvalue weighted by molar-refractivity contribution is 0.102. The number of thiazole rings is 1. The van der Waals surface area contributed by atoms with Crippen LogP contribution in [0.15, 0.2) is 41.9 Å². The highest BCUT2D eigenvalue weighted by Crippen LogP contribution is 2.36. The summed E-state index contributed by atoms with van der Waals surface area (Å²) < 4.78 is 5.53. The van der Waals surface area contributed by atoms with Crippen molar-refractivity contribution in [1.29, 1.82) is 0 Å². The first-order valence-corrected chi connectivity index (χ1v) is 12.5. The van der Waals surface area contributed by atoms with Gasteiger partial charge in [-0.1, -0.05) is 12.1 Å². The molecule has 4 heterocycles. The minimum Gasteiger partial charge on any atom is -0.384 e. The van der Waals surface area contributed by atoms with E-state index in [-0.39, 0.29) is 5.91 Å². The lowest BCUT2D eigenvalue weighted by Gasteiger charge is -2.16. The topological polar surface area (TPSA) is 95.2 Å². The number of carbonyl (C=O) groups is 1. The van der Waals surface area contributed by atoms with Crippen molar-refractivity contribution in [3.05, 3.63) is 58.2 Å². The van der Waals surface area contributed by atoms with Crippen molar-refractivity contribution in [2.75, 3.05) is 43.5 Å². The molecular formula is C25H26N6O2S. The van der Waals surface area contributed by atoms with Crippen molar-refractivity contribution in [3.8, 4) is 11.1 Å². The van der Waals surface area contributed by atoms with E-state index in [4.69, 9.17) is 4.74 Å². The molecule has 0 saturated carbocycles. The molecule has 9 heteroatoms. The number of hydrogen-bond acceptors (Lipinski definition) is 7. The normalized spacial score (nSPS) is 16.2. The molecule has 8 nitrogen and oxygen atoms in total. The Labute approximate surface area is 201 Å². The van der Waals surface area contributed by atoms with E-state index in [0.29, 0.717) is 5.69 Å². The Kier molecular flexibility index (Phi) is 5.74. The molecule has 0 spiro atoms. The number of H-pyrrole nitrogens is 1. The van der Waals surface area contributed by atoms with Crippen molar-refractivity contribution in [2.24, 2.45) is 0 Å². The fourth-order valence-corrected chi connectivity index (χ4v) is 5.56. The standard InChI is InChI=1S/C25H26N6O2S/c32-25(23-15-34-24(28-23)14-31-7-2-9-33-10-8-31)29-21-11-16(12-22-19(21)13-27-30-22)17-3-1-4-20-18(17)5-6-26-20/h1,3-4,11-13,15,26H,2,5-10,14H2,(H,27,30)(H,29,32). The summed E-state index contributed by atoms with van der Waals surface area (Å²) in [6.07, 6.45) is 3.76. The maximum Gasteiger partial charge on any atom is 0.275 e. The van der Waals surface area contributed by atoms with Gasteiger partial charge in [0.1, 0.15) is 10.7 Å². The van der Waals surface area contributed by atoms with E-state index in [2.05, 4.69) is 55.0 Å². The Bertz CT molecular complexity index is 1340. The van der Waals surface area contributed by atoms with Crippen LogP contribution in [0.1, 0.15) is 27.5 Å². The zero-order valence-corrected chi connectivity index (χ0v) is 19.6. The number of aromatic nitrogens is 3. The highest BCUT2D eigenvalue weighted by Gasteiger charge is 2.19. The van der Waals surface area contributed by atoms with Gasteiger partial charge in [-0.2, -0.15) is 5.10 Å². The molecule has 2 aromatic heterocycles. The van der Waals surface area contributed by atoms with Gasteiger partial charge in [0.05, 0.1) is 30.6 Å². The molecule has 0 bridgehead atoms. The molecule has 6 rings (SSSR count). The van der Waals surface area contributed by atoms with Crippen LogP contribution in [-0.2, 0) is 17.7 Å². The first-order chi connectivity index (χ1) is 16.7. The summed E-state index contributed by atoms with van der Waals surface area (Å²) in [6, 6.07) is 10.4. The van der Waals surface area contributed by atoms with Crippen LogP contribution in [-0.4, -0.2) is 58.8 Å². The monoisotopic (exact) mass is 474 g/mol. The Morgan fingerprint density at radius 2 is 2.21 bits per heavy atom. The quantitative estimate of drug-likeness (QED) is 0.403. The molecule has 3 N–H and O–H groups in total. The zero-order chi connectivity index (χ0) is 22.9. The number of benzene rings is 2. The third-order valence-electron chi connectivity index (χ3n) is 6.44. The van der Waals surface area contributed by atoms with Crippen molar-refractivity contribution >= 4 is 39.5 Å². The molecule has 2 aromatic carbocycles. The number of nitrogens with zero attached hydrogens (tertiary/aromatic N) is 3. The maximum atomic E-state index is 13.1. The second-order valence-electron chi connectivity index (χ2n) is 8.69. The molecule has 2 aliphatic heterocycles. The molecule has 1 saturated heterocycles. The largest absolute Gasteiger partial charge is 0.384 e. The summed E-state index contributed by atoms with van der Waals surface area (Å²) in [7, 11) is 0. The van der Waals surface area contributed by atoms with E-state index >= 15 is 0 Å². The van der Waals surface area contributed by atoms with Crippen molar-refractivity contribution < 1.29 is 9.53 Å². The predicted octanol–water partition coefficient (Wildman–Crippen LogP) is 4.13. The van der Waals surface area contributed by atoms with Gasteiger partial charge in [0, 0.05) is 42.7 Å². The minimum absolute atomic E-state index is 0.207. The second kappa shape index (κ2) is 9.17. The van der Waals surface area contributed by atoms with E-state index < -0.39 is 0 Å². The summed E-state index contributed by atoms with van der Waals surface area (Å²) in [5.74, 6) is -0.207. The third kappa shape index (κ3) is 4.18. The Balaban J connectivity index is 1.26. The number of hydrogen-bond donors (Lipinski definition) is 3. The van der Waals surface area contributed by atoms with E-state index in [1.807, 2.05) is 11.4 Å². The molecule has 0 aliphatic carbocycles. The van der Waals surface area contributed by atoms with Crippen LogP contribution in [0.4, 0.5) is 11.4 Å². The molecule has 1 fully saturated rings. The molecular weight excluding hydrogens is 448 g/mol. The smallest absolute Gasteiger partial charge is 0.275 e. The fraction of sp³-hybridized carbons (Fsp3) is 0.320. The van der Waals surface area contributed by atoms with Crippen LogP contribution in [0.25, 0.3) is 22.0 Å². The second-order valence-corrected chi connectivity index (χ2v) is 9.63. The molecule has 0 atom stereocenters. The number of rotatable bonds is 5. The fourth-order valence-electron chi connectivity index (χ4n) is 4.75. The number of carbonyl (C=O) groups excluding carboxylic acids is 1. The Morgan fingerprint density at radius 3 is 3.18 bits per heavy atom. The van der Waals surface area contributed by atoms with E-state index in [1.54, 1.807) is 6.20 Å². The van der Waals surface area contributed by atoms with Gasteiger partial charge in [-0.3, -0.25) is 14.8 Å². The first-order valence-electron chi connectivity index (χ1n) is 11.6. The number of ether oxygens (including phenoxy) is 1. The molecule has 2 aliphatic rings. The van der Waals surface area contributed by atoms with Crippen LogP contribution < -0.4 is 10.6 Å². The van der Waals surface area contributed by atoms with Crippen molar-refractivity contribution in [3.63, 3.8) is 0 Å². The molecule has 1 amide bonds. The molecule has 4 aromatic rings. The third-order valence-corrected chi connectivity index (χ3v) is 7.28. The van der Waals surface area contributed by atoms with Crippen molar-refractivity contribution in [1.82, 2.24) is 20.1 Å². The van der Waals surface area contributed by atoms with Crippen molar-refractivity contribution in [2.45, 2.75) is 19.4 Å². The summed E-state index contributed by atoms with van der Waals surface area (Å²) >= 11 is 1.53. The van der Waals surface area contributed by atoms with Crippen LogP contribution in [0.5, 0.6) is 0 Å². The molecule has 174 valence electrons. The van der Waals surface area contributed by atoms with Crippen LogP contribution in [0, 0.1) is 0 Å². The van der Waals surface area contributed by atoms with Crippen LogP contribution >= 0.6 is 11.3 Å². The lowest BCUT2D eigenvalue weighted by Crippen LogP contribution is -2.25. The van der Waals surface area contributed by atoms with Gasteiger partial charge in [0.25, 0.3) is 5.91 Å². The highest BCUT2D eigenvalue weighted by molar-refractivity contribution is 7.09. The SMILES string of the molecule is O=C(Nc1cc(-c2cccc3c2CCN3)cc2[nH]ncc12)c1csc(CN2CCCOCC2)n1. The van der Waals surface area contributed by atoms with Gasteiger partial charge in [-0.05, 0) is 47.7 Å². The summed E-state index contributed by atoms with van der Waals surface area (Å²) in [5.41, 5.74) is 6.77. The summed E-state index contributed by atoms with van der Waals surface area (Å²) in [6.45, 7) is 5.13. The Morgan fingerprint density at radius 1 is 1.24 bits per heavy atom. The first kappa shape index (κ1) is 21.3. The number of anilines is 2. The average Bonchev–Trinajstić information content (AvgIpc) is 3.58. The predicted molar refractivity (Wildman–Crippen MR) is 135 cm³/mol. The minimum atomic E-state index is -0.207. The summed E-state index contributed by atoms with van der Waals surface area (Å²) in [4.78, 5) is 20.1. The summed E-state index contributed by atoms with van der Waals surface area (Å²) in [5, 5.41) is 17.5. The number of aromatic amines is 1. The molecule has 34 heavy (non-hydrogen) atoms. The van der Waals surface area contributed by atoms with Crippen LogP contribution in [0.3, 0.4) is 0 Å². The van der Waals surface area contributed by atoms with E-state index in [9.17, 15) is 4.79 Å². The van der Waals surface area contributed by atoms with Gasteiger partial charge in [0.15, 0.2) is 0 Å². The van der Waals surface area contributed by atoms with Gasteiger partial charge in [-0.15, -0.1) is 11.3 Å². The molecule has 0 unspecified atom stereocenters. The van der Waals surface area contributed by atoms with Gasteiger partial charge < -0.3 is 15.4 Å². The number of fused-ring (bicyclic) bond motifs is 2. The van der Waals surface area contributed by atoms with Gasteiger partial charge >= 0.3 is 0 Å². The maximum absolute atomic E-state index is 13.1. The molecule has 0 radical (unpaired) electrons. The zero-order valence-electron chi connectivity index (χ0n) is 18.8. The van der Waals surface area contributed by atoms with Crippen LogP contribution in [0.2, 0.25) is 0 Å². The average molecular weight is 475 g/mol. The van der Waals surface area contributed by atoms with Gasteiger partial charge in [0.2, 0.25) is 0 Å². The Hall–Kier alpha value is -3.27. The van der Waals surface area contributed by atoms with E-state index in [1.165, 1.54) is 28.2 Å². The number of amides is 1.